The minimum atomic E-state index is 0.209. The molecule has 2 heterocycles. The molecule has 1 aliphatic heterocycles. The number of nitrogens with two attached hydrogens (primary N) is 1. The Bertz CT molecular complexity index is 858. The van der Waals surface area contributed by atoms with Crippen LogP contribution in [0.1, 0.15) is 5.56 Å². The van der Waals surface area contributed by atoms with Crippen molar-refractivity contribution in [2.75, 3.05) is 11.9 Å². The number of rotatable bonds is 2. The van der Waals surface area contributed by atoms with Crippen molar-refractivity contribution in [1.29, 1.82) is 0 Å². The average Bonchev–Trinajstić information content (AvgIpc) is 2.52. The number of nitrogens with one attached hydrogen (secondary N) is 1. The van der Waals surface area contributed by atoms with Gasteiger partial charge in [0, 0.05) is 22.8 Å². The predicted molar refractivity (Wildman–Crippen MR) is 84.9 cm³/mol. The number of anilines is 2. The molecule has 104 valence electrons. The molecule has 3 aromatic rings. The van der Waals surface area contributed by atoms with Gasteiger partial charge in [0.1, 0.15) is 11.3 Å². The number of hydrogen-bond donors (Lipinski definition) is 3. The van der Waals surface area contributed by atoms with Gasteiger partial charge < -0.3 is 16.2 Å². The fourth-order valence-corrected chi connectivity index (χ4v) is 3.06. The highest BCUT2D eigenvalue weighted by Crippen LogP contribution is 2.46. The SMILES string of the molecule is NCCc1cc(O)c2nccc3c2c1Nc1ccccc1-3. The zero-order valence-corrected chi connectivity index (χ0v) is 11.4. The Hall–Kier alpha value is -2.59. The average molecular weight is 277 g/mol. The minimum absolute atomic E-state index is 0.209. The number of pyridine rings is 1. The zero-order chi connectivity index (χ0) is 14.4. The van der Waals surface area contributed by atoms with Gasteiger partial charge in [0.05, 0.1) is 5.69 Å². The van der Waals surface area contributed by atoms with Crippen LogP contribution in [0.4, 0.5) is 11.4 Å². The number of nitrogens with zero attached hydrogens (tertiary/aromatic N) is 1. The van der Waals surface area contributed by atoms with E-state index in [-0.39, 0.29) is 5.75 Å². The van der Waals surface area contributed by atoms with Crippen molar-refractivity contribution in [3.8, 4) is 16.9 Å². The van der Waals surface area contributed by atoms with Crippen LogP contribution >= 0.6 is 0 Å². The van der Waals surface area contributed by atoms with E-state index >= 15 is 0 Å². The topological polar surface area (TPSA) is 71.2 Å². The van der Waals surface area contributed by atoms with Crippen LogP contribution < -0.4 is 11.1 Å². The zero-order valence-electron chi connectivity index (χ0n) is 11.4. The van der Waals surface area contributed by atoms with Gasteiger partial charge in [0.2, 0.25) is 0 Å². The van der Waals surface area contributed by atoms with Crippen molar-refractivity contribution in [2.45, 2.75) is 6.42 Å². The number of fused-ring (bicyclic) bond motifs is 2. The molecule has 0 bridgehead atoms. The first-order chi connectivity index (χ1) is 10.3. The molecule has 0 saturated heterocycles. The van der Waals surface area contributed by atoms with E-state index in [1.807, 2.05) is 18.2 Å². The van der Waals surface area contributed by atoms with E-state index in [9.17, 15) is 5.11 Å². The molecule has 0 radical (unpaired) electrons. The first-order valence-corrected chi connectivity index (χ1v) is 6.99. The molecule has 1 aromatic heterocycles. The third-order valence-corrected chi connectivity index (χ3v) is 3.97. The second-order valence-corrected chi connectivity index (χ2v) is 5.22. The van der Waals surface area contributed by atoms with Gasteiger partial charge in [0.25, 0.3) is 0 Å². The maximum atomic E-state index is 10.3. The lowest BCUT2D eigenvalue weighted by molar-refractivity contribution is 0.479. The van der Waals surface area contributed by atoms with E-state index in [4.69, 9.17) is 5.73 Å². The molecule has 0 atom stereocenters. The van der Waals surface area contributed by atoms with E-state index in [0.717, 1.165) is 33.5 Å². The molecular formula is C17H15N3O. The number of benzene rings is 2. The lowest BCUT2D eigenvalue weighted by Gasteiger charge is -2.24. The third kappa shape index (κ3) is 1.69. The molecule has 1 aliphatic rings. The molecule has 0 amide bonds. The molecule has 0 unspecified atom stereocenters. The van der Waals surface area contributed by atoms with Crippen LogP contribution in [0, 0.1) is 0 Å². The Balaban J connectivity index is 2.14. The summed E-state index contributed by atoms with van der Waals surface area (Å²) >= 11 is 0. The van der Waals surface area contributed by atoms with Crippen LogP contribution in [0.2, 0.25) is 0 Å². The number of hydrogen-bond acceptors (Lipinski definition) is 4. The lowest BCUT2D eigenvalue weighted by Crippen LogP contribution is -2.09. The molecule has 4 nitrogen and oxygen atoms in total. The molecule has 4 N–H and O–H groups in total. The molecule has 0 aliphatic carbocycles. The molecule has 0 fully saturated rings. The summed E-state index contributed by atoms with van der Waals surface area (Å²) in [6, 6.07) is 11.9. The minimum Gasteiger partial charge on any atom is -0.506 e. The smallest absolute Gasteiger partial charge is 0.142 e. The van der Waals surface area contributed by atoms with E-state index < -0.39 is 0 Å². The predicted octanol–water partition coefficient (Wildman–Crippen LogP) is 3.17. The van der Waals surface area contributed by atoms with Gasteiger partial charge in [-0.15, -0.1) is 0 Å². The molecule has 0 saturated carbocycles. The van der Waals surface area contributed by atoms with E-state index in [1.165, 1.54) is 0 Å². The highest BCUT2D eigenvalue weighted by molar-refractivity contribution is 6.12. The Labute approximate surface area is 122 Å². The van der Waals surface area contributed by atoms with Crippen molar-refractivity contribution in [1.82, 2.24) is 4.98 Å². The van der Waals surface area contributed by atoms with Gasteiger partial charge in [-0.3, -0.25) is 4.98 Å². The molecule has 4 heteroatoms. The van der Waals surface area contributed by atoms with Gasteiger partial charge in [0.15, 0.2) is 0 Å². The van der Waals surface area contributed by atoms with Gasteiger partial charge >= 0.3 is 0 Å². The summed E-state index contributed by atoms with van der Waals surface area (Å²) < 4.78 is 0. The normalized spacial score (nSPS) is 12.0. The Kier molecular flexibility index (Phi) is 2.59. The van der Waals surface area contributed by atoms with Gasteiger partial charge in [-0.2, -0.15) is 0 Å². The van der Waals surface area contributed by atoms with Gasteiger partial charge in [-0.1, -0.05) is 18.2 Å². The van der Waals surface area contributed by atoms with Crippen LogP contribution in [-0.2, 0) is 6.42 Å². The van der Waals surface area contributed by atoms with Crippen molar-refractivity contribution < 1.29 is 5.11 Å². The Morgan fingerprint density at radius 2 is 2.00 bits per heavy atom. The molecule has 4 rings (SSSR count). The van der Waals surface area contributed by atoms with Crippen molar-refractivity contribution in [3.05, 3.63) is 48.2 Å². The summed E-state index contributed by atoms with van der Waals surface area (Å²) in [7, 11) is 0. The number of para-hydroxylation sites is 1. The first kappa shape index (κ1) is 12.2. The summed E-state index contributed by atoms with van der Waals surface area (Å²) in [5.74, 6) is 0.209. The van der Waals surface area contributed by atoms with Gasteiger partial charge in [-0.25, -0.2) is 0 Å². The number of aromatic hydroxyl groups is 1. The van der Waals surface area contributed by atoms with Crippen LogP contribution in [-0.4, -0.2) is 16.6 Å². The second-order valence-electron chi connectivity index (χ2n) is 5.22. The monoisotopic (exact) mass is 277 g/mol. The fourth-order valence-electron chi connectivity index (χ4n) is 3.06. The summed E-state index contributed by atoms with van der Waals surface area (Å²) in [5.41, 5.74) is 11.7. The summed E-state index contributed by atoms with van der Waals surface area (Å²) in [5, 5.41) is 14.7. The molecule has 0 spiro atoms. The van der Waals surface area contributed by atoms with Crippen LogP contribution in [0.3, 0.4) is 0 Å². The number of phenolic OH excluding ortho intramolecular Hbond substituents is 1. The maximum Gasteiger partial charge on any atom is 0.142 e. The van der Waals surface area contributed by atoms with Crippen molar-refractivity contribution in [3.63, 3.8) is 0 Å². The Morgan fingerprint density at radius 1 is 1.14 bits per heavy atom. The van der Waals surface area contributed by atoms with Crippen molar-refractivity contribution >= 4 is 22.3 Å². The Morgan fingerprint density at radius 3 is 2.86 bits per heavy atom. The molecule has 21 heavy (non-hydrogen) atoms. The maximum absolute atomic E-state index is 10.3. The summed E-state index contributed by atoms with van der Waals surface area (Å²) in [6.07, 6.45) is 2.45. The van der Waals surface area contributed by atoms with Crippen LogP contribution in [0.15, 0.2) is 42.6 Å². The number of phenols is 1. The van der Waals surface area contributed by atoms with Crippen LogP contribution in [0.25, 0.3) is 22.0 Å². The largest absolute Gasteiger partial charge is 0.506 e. The highest BCUT2D eigenvalue weighted by atomic mass is 16.3. The standard InChI is InChI=1S/C17H15N3O/c18-7-5-10-9-14(21)17-15-12(6-8-19-17)11-3-1-2-4-13(11)20-16(10)15/h1-4,6,8-9,20-21H,5,7,18H2. The van der Waals surface area contributed by atoms with E-state index in [1.54, 1.807) is 12.3 Å². The van der Waals surface area contributed by atoms with E-state index in [0.29, 0.717) is 18.5 Å². The summed E-state index contributed by atoms with van der Waals surface area (Å²) in [6.45, 7) is 0.539. The number of aromatic nitrogens is 1. The summed E-state index contributed by atoms with van der Waals surface area (Å²) in [4.78, 5) is 4.34. The fraction of sp³-hybridized carbons (Fsp3) is 0.118. The van der Waals surface area contributed by atoms with Crippen molar-refractivity contribution in [2.24, 2.45) is 5.73 Å². The molecule has 2 aromatic carbocycles. The third-order valence-electron chi connectivity index (χ3n) is 3.97. The van der Waals surface area contributed by atoms with Gasteiger partial charge in [-0.05, 0) is 42.3 Å². The van der Waals surface area contributed by atoms with Crippen LogP contribution in [0.5, 0.6) is 5.75 Å². The van der Waals surface area contributed by atoms with E-state index in [2.05, 4.69) is 22.4 Å². The second kappa shape index (κ2) is 4.46. The lowest BCUT2D eigenvalue weighted by atomic mass is 9.92. The molecular weight excluding hydrogens is 262 g/mol. The highest BCUT2D eigenvalue weighted by Gasteiger charge is 2.22. The quantitative estimate of drug-likeness (QED) is 0.492. The first-order valence-electron chi connectivity index (χ1n) is 6.99.